The van der Waals surface area contributed by atoms with Crippen molar-refractivity contribution >= 4 is 45.7 Å². The van der Waals surface area contributed by atoms with Crippen molar-refractivity contribution in [1.82, 2.24) is 40.2 Å². The van der Waals surface area contributed by atoms with Crippen molar-refractivity contribution in [2.45, 2.75) is 122 Å². The first-order valence-corrected chi connectivity index (χ1v) is 27.1. The molecule has 72 heavy (non-hydrogen) atoms. The Labute approximate surface area is 425 Å². The molecule has 2 saturated carbocycles. The molecule has 2 amide bonds. The van der Waals surface area contributed by atoms with Crippen LogP contribution in [0.3, 0.4) is 0 Å². The Morgan fingerprint density at radius 1 is 1.04 bits per heavy atom. The van der Waals surface area contributed by atoms with Crippen LogP contribution < -0.4 is 15.6 Å². The van der Waals surface area contributed by atoms with Gasteiger partial charge in [0.05, 0.1) is 65.6 Å². The number of anilines is 1. The van der Waals surface area contributed by atoms with Crippen LogP contribution in [-0.4, -0.2) is 138 Å². The normalized spacial score (nSPS) is 25.8. The number of methoxy groups -OCH3 is 1. The van der Waals surface area contributed by atoms with Gasteiger partial charge in [-0.3, -0.25) is 29.3 Å². The molecule has 3 saturated heterocycles. The summed E-state index contributed by atoms with van der Waals surface area (Å²) in [4.78, 5) is 62.5. The lowest BCUT2D eigenvalue weighted by atomic mass is 9.84. The molecule has 4 aromatic heterocycles. The summed E-state index contributed by atoms with van der Waals surface area (Å²) in [6, 6.07) is 7.62. The topological polar surface area (TPSA) is 179 Å². The number of fused-ring (bicyclic) bond motifs is 6. The summed E-state index contributed by atoms with van der Waals surface area (Å²) in [5.74, 6) is -0.842. The van der Waals surface area contributed by atoms with Gasteiger partial charge in [-0.15, -0.1) is 11.3 Å². The average Bonchev–Trinajstić information content (AvgIpc) is 4.18. The Morgan fingerprint density at radius 3 is 2.62 bits per heavy atom. The maximum absolute atomic E-state index is 14.5. The molecule has 6 bridgehead atoms. The second kappa shape index (κ2) is 20.6. The maximum Gasteiger partial charge on any atom is 0.324 e. The molecule has 384 valence electrons. The molecule has 1 aromatic carbocycles. The zero-order chi connectivity index (χ0) is 49.7. The smallest absolute Gasteiger partial charge is 0.324 e. The van der Waals surface area contributed by atoms with E-state index in [1.54, 1.807) is 18.9 Å². The van der Waals surface area contributed by atoms with Gasteiger partial charge in [-0.1, -0.05) is 20.8 Å². The number of amides is 2. The lowest BCUT2D eigenvalue weighted by molar-refractivity contribution is -0.155. The summed E-state index contributed by atoms with van der Waals surface area (Å²) in [6.07, 6.45) is 9.39. The monoisotopic (exact) mass is 1000 g/mol. The molecule has 17 nitrogen and oxygen atoms in total. The van der Waals surface area contributed by atoms with E-state index in [0.717, 1.165) is 95.4 Å². The summed E-state index contributed by atoms with van der Waals surface area (Å²) in [5.41, 5.74) is 12.6. The summed E-state index contributed by atoms with van der Waals surface area (Å²) in [7, 11) is 1.73. The number of hydrazine groups is 1. The third kappa shape index (κ3) is 10.2. The SMILES string of the molecule is CO[C@@H](C)c1ncc(N2CCN(C3CC3)CC2)cc1-c1c2c3cc(ccc3n1CCOC1CCOCC1)-c1nc(co1)C[C@H](NC(=O)C1[C@@H](c3cscn3)[C@H]1C)C(=O)N1CCC[C@H](N1)C(=O)OCC(C)(C)C2. The second-order valence-corrected chi connectivity index (χ2v) is 22.4. The molecule has 2 aliphatic carbocycles. The Morgan fingerprint density at radius 2 is 1.86 bits per heavy atom. The number of ether oxygens (including phenoxy) is 4. The molecule has 5 aromatic rings. The number of pyridine rings is 1. The molecule has 6 atom stereocenters. The van der Waals surface area contributed by atoms with Crippen molar-refractivity contribution in [1.29, 1.82) is 0 Å². The van der Waals surface area contributed by atoms with E-state index >= 15 is 0 Å². The van der Waals surface area contributed by atoms with Gasteiger partial charge in [0, 0.05) is 117 Å². The molecule has 11 rings (SSSR count). The predicted molar refractivity (Wildman–Crippen MR) is 272 cm³/mol. The zero-order valence-corrected chi connectivity index (χ0v) is 43.1. The number of esters is 1. The van der Waals surface area contributed by atoms with Crippen LogP contribution in [0.5, 0.6) is 0 Å². The van der Waals surface area contributed by atoms with Gasteiger partial charge in [-0.2, -0.15) is 0 Å². The van der Waals surface area contributed by atoms with Crippen LogP contribution in [0.15, 0.2) is 52.0 Å². The van der Waals surface area contributed by atoms with E-state index < -0.39 is 23.5 Å². The van der Waals surface area contributed by atoms with Crippen LogP contribution in [0.4, 0.5) is 5.69 Å². The Balaban J connectivity index is 1.01. The highest BCUT2D eigenvalue weighted by Crippen LogP contribution is 2.53. The summed E-state index contributed by atoms with van der Waals surface area (Å²) >= 11 is 1.50. The number of hydrogen-bond donors (Lipinski definition) is 2. The van der Waals surface area contributed by atoms with Gasteiger partial charge >= 0.3 is 5.97 Å². The minimum absolute atomic E-state index is 0.0154. The number of carbonyl (C=O) groups excluding carboxylic acids is 3. The van der Waals surface area contributed by atoms with Crippen molar-refractivity contribution in [2.75, 3.05) is 71.2 Å². The third-order valence-electron chi connectivity index (χ3n) is 15.9. The first-order chi connectivity index (χ1) is 34.9. The highest BCUT2D eigenvalue weighted by Gasteiger charge is 2.54. The van der Waals surface area contributed by atoms with Crippen molar-refractivity contribution in [3.05, 3.63) is 70.3 Å². The number of piperazine rings is 1. The minimum Gasteiger partial charge on any atom is -0.464 e. The van der Waals surface area contributed by atoms with Crippen LogP contribution >= 0.6 is 11.3 Å². The Bertz CT molecular complexity index is 2760. The van der Waals surface area contributed by atoms with Gasteiger partial charge < -0.3 is 38.1 Å². The number of nitrogens with zero attached hydrogens (tertiary/aromatic N) is 7. The van der Waals surface area contributed by atoms with E-state index in [1.807, 2.05) is 31.5 Å². The van der Waals surface area contributed by atoms with Gasteiger partial charge in [0.25, 0.3) is 5.91 Å². The standard InChI is InChI=1S/C54H69N9O8S/c1-32-46(44-29-72-31-56-44)47(32)50(64)58-43-24-35-28-70-51(57-35)34-8-11-45-39(23-34)41(26-54(3,4)30-71-53(66)42-7-6-14-63(59-42)52(43)65)49(62(45)19-22-69-38-12-20-68-21-13-38)40-25-37(27-55-48(40)33(2)67-5)61-17-15-60(16-18-61)36-9-10-36/h8,11,23,25,27-29,31-33,36,38,42-43,46-47,59H,6-7,9-10,12-22,24,26,30H2,1-5H3,(H,58,64)/t32-,33+,42+,43+,46-,47?/m1/s1. The van der Waals surface area contributed by atoms with E-state index in [0.29, 0.717) is 63.8 Å². The molecular formula is C54H69N9O8S. The second-order valence-electron chi connectivity index (χ2n) is 21.6. The van der Waals surface area contributed by atoms with Crippen LogP contribution in [0.25, 0.3) is 33.6 Å². The molecule has 4 aliphatic heterocycles. The number of thiazole rings is 1. The number of nitrogens with one attached hydrogen (secondary N) is 2. The van der Waals surface area contributed by atoms with Crippen molar-refractivity contribution in [2.24, 2.45) is 17.3 Å². The predicted octanol–water partition coefficient (Wildman–Crippen LogP) is 6.70. The van der Waals surface area contributed by atoms with E-state index in [-0.39, 0.29) is 54.8 Å². The highest BCUT2D eigenvalue weighted by molar-refractivity contribution is 7.07. The fourth-order valence-electron chi connectivity index (χ4n) is 11.6. The lowest BCUT2D eigenvalue weighted by Gasteiger charge is -2.36. The number of benzene rings is 1. The number of hydrogen-bond acceptors (Lipinski definition) is 15. The van der Waals surface area contributed by atoms with Crippen molar-refractivity contribution < 1.29 is 37.7 Å². The number of aromatic nitrogens is 4. The fourth-order valence-corrected chi connectivity index (χ4v) is 12.2. The lowest BCUT2D eigenvalue weighted by Crippen LogP contribution is -2.60. The highest BCUT2D eigenvalue weighted by atomic mass is 32.1. The third-order valence-corrected chi connectivity index (χ3v) is 16.5. The van der Waals surface area contributed by atoms with Gasteiger partial charge in [-0.05, 0) is 87.6 Å². The molecule has 18 heteroatoms. The maximum atomic E-state index is 14.5. The van der Waals surface area contributed by atoms with Crippen LogP contribution in [0, 0.1) is 17.3 Å². The van der Waals surface area contributed by atoms with Gasteiger partial charge in [0.15, 0.2) is 0 Å². The van der Waals surface area contributed by atoms with E-state index in [4.69, 9.17) is 33.3 Å². The van der Waals surface area contributed by atoms with E-state index in [2.05, 4.69) is 62.1 Å². The molecule has 6 aliphatic rings. The van der Waals surface area contributed by atoms with Gasteiger partial charge in [0.2, 0.25) is 11.8 Å². The van der Waals surface area contributed by atoms with Crippen molar-refractivity contribution in [3.8, 4) is 22.7 Å². The van der Waals surface area contributed by atoms with Crippen LogP contribution in [0.2, 0.25) is 0 Å². The summed E-state index contributed by atoms with van der Waals surface area (Å²) in [5, 5.41) is 7.56. The molecular weight excluding hydrogens is 935 g/mol. The Kier molecular flexibility index (Phi) is 14.0. The number of carbonyl (C=O) groups is 3. The van der Waals surface area contributed by atoms with Crippen LogP contribution in [0.1, 0.15) is 101 Å². The quantitative estimate of drug-likeness (QED) is 0.126. The van der Waals surface area contributed by atoms with Crippen molar-refractivity contribution in [3.63, 3.8) is 0 Å². The Hall–Kier alpha value is -5.24. The summed E-state index contributed by atoms with van der Waals surface area (Å²) in [6.45, 7) is 15.2. The first kappa shape index (κ1) is 49.0. The molecule has 0 radical (unpaired) electrons. The largest absolute Gasteiger partial charge is 0.464 e. The number of oxazole rings is 1. The molecule has 0 spiro atoms. The molecule has 1 unspecified atom stereocenters. The van der Waals surface area contributed by atoms with Gasteiger partial charge in [0.1, 0.15) is 18.3 Å². The molecule has 2 N–H and O–H groups in total. The molecule has 8 heterocycles. The fraction of sp³-hybridized carbons (Fsp3) is 0.593. The summed E-state index contributed by atoms with van der Waals surface area (Å²) < 4.78 is 33.3. The van der Waals surface area contributed by atoms with Gasteiger partial charge in [-0.25, -0.2) is 15.4 Å². The zero-order valence-electron chi connectivity index (χ0n) is 42.3. The first-order valence-electron chi connectivity index (χ1n) is 26.2. The minimum atomic E-state index is -0.983. The number of rotatable bonds is 12. The van der Waals surface area contributed by atoms with Crippen LogP contribution in [-0.2, 0) is 52.7 Å². The average molecular weight is 1000 g/mol. The number of cyclic esters (lactones) is 1. The molecule has 5 fully saturated rings. The van der Waals surface area contributed by atoms with E-state index in [9.17, 15) is 14.4 Å². The van der Waals surface area contributed by atoms with E-state index in [1.165, 1.54) is 29.2 Å².